The summed E-state index contributed by atoms with van der Waals surface area (Å²) in [4.78, 5) is 0. The fourth-order valence-corrected chi connectivity index (χ4v) is 2.04. The number of benzene rings is 2. The Balaban J connectivity index is 0.00000144. The minimum Gasteiger partial charge on any atom is -0.378 e. The third kappa shape index (κ3) is 3.76. The SMILES string of the molecule is CC(Nc1ccccc1Br)c1ccccc1.Cl. The number of hydrogen-bond donors (Lipinski definition) is 1. The van der Waals surface area contributed by atoms with Gasteiger partial charge in [-0.1, -0.05) is 42.5 Å². The third-order valence-corrected chi connectivity index (χ3v) is 3.24. The Morgan fingerprint density at radius 3 is 2.18 bits per heavy atom. The molecule has 2 rings (SSSR count). The summed E-state index contributed by atoms with van der Waals surface area (Å²) in [6.45, 7) is 2.16. The maximum absolute atomic E-state index is 3.53. The number of nitrogens with one attached hydrogen (secondary N) is 1. The van der Waals surface area contributed by atoms with Gasteiger partial charge in [0.25, 0.3) is 0 Å². The van der Waals surface area contributed by atoms with Crippen LogP contribution in [0.25, 0.3) is 0 Å². The lowest BCUT2D eigenvalue weighted by Gasteiger charge is -2.16. The van der Waals surface area contributed by atoms with Gasteiger partial charge in [-0.25, -0.2) is 0 Å². The van der Waals surface area contributed by atoms with E-state index in [1.54, 1.807) is 0 Å². The van der Waals surface area contributed by atoms with E-state index < -0.39 is 0 Å². The van der Waals surface area contributed by atoms with E-state index in [0.29, 0.717) is 6.04 Å². The summed E-state index contributed by atoms with van der Waals surface area (Å²) in [7, 11) is 0. The predicted molar refractivity (Wildman–Crippen MR) is 79.9 cm³/mol. The van der Waals surface area contributed by atoms with E-state index >= 15 is 0 Å². The summed E-state index contributed by atoms with van der Waals surface area (Å²) in [5, 5.41) is 3.48. The first kappa shape index (κ1) is 14.1. The van der Waals surface area contributed by atoms with Crippen LogP contribution in [-0.4, -0.2) is 0 Å². The number of rotatable bonds is 3. The largest absolute Gasteiger partial charge is 0.378 e. The minimum absolute atomic E-state index is 0. The molecule has 0 aliphatic carbocycles. The van der Waals surface area contributed by atoms with Gasteiger partial charge in [0.15, 0.2) is 0 Å². The maximum Gasteiger partial charge on any atom is 0.0489 e. The average molecular weight is 313 g/mol. The van der Waals surface area contributed by atoms with Crippen molar-refractivity contribution in [3.8, 4) is 0 Å². The summed E-state index contributed by atoms with van der Waals surface area (Å²) in [6, 6.07) is 18.9. The third-order valence-electron chi connectivity index (χ3n) is 2.55. The molecular formula is C14H15BrClN. The van der Waals surface area contributed by atoms with Gasteiger partial charge in [0.1, 0.15) is 0 Å². The summed E-state index contributed by atoms with van der Waals surface area (Å²) >= 11 is 3.53. The zero-order valence-electron chi connectivity index (χ0n) is 9.56. The second-order valence-corrected chi connectivity index (χ2v) is 4.61. The molecule has 0 aliphatic rings. The zero-order chi connectivity index (χ0) is 11.4. The Bertz CT molecular complexity index is 459. The number of hydrogen-bond acceptors (Lipinski definition) is 1. The Kier molecular flexibility index (Phi) is 5.52. The number of halogens is 2. The van der Waals surface area contributed by atoms with Crippen molar-refractivity contribution in [3.05, 3.63) is 64.6 Å². The highest BCUT2D eigenvalue weighted by Gasteiger charge is 2.05. The molecule has 0 spiro atoms. The smallest absolute Gasteiger partial charge is 0.0489 e. The highest BCUT2D eigenvalue weighted by molar-refractivity contribution is 9.10. The summed E-state index contributed by atoms with van der Waals surface area (Å²) < 4.78 is 1.10. The van der Waals surface area contributed by atoms with Gasteiger partial charge in [-0.3, -0.25) is 0 Å². The van der Waals surface area contributed by atoms with Gasteiger partial charge >= 0.3 is 0 Å². The van der Waals surface area contributed by atoms with E-state index in [0.717, 1.165) is 10.2 Å². The Hall–Kier alpha value is -0.990. The first-order valence-electron chi connectivity index (χ1n) is 5.33. The molecule has 1 N–H and O–H groups in total. The van der Waals surface area contributed by atoms with Crippen molar-refractivity contribution in [2.24, 2.45) is 0 Å². The first-order valence-corrected chi connectivity index (χ1v) is 6.12. The highest BCUT2D eigenvalue weighted by atomic mass is 79.9. The number of anilines is 1. The normalized spacial score (nSPS) is 11.4. The van der Waals surface area contributed by atoms with E-state index in [4.69, 9.17) is 0 Å². The van der Waals surface area contributed by atoms with Crippen LogP contribution < -0.4 is 5.32 Å². The fraction of sp³-hybridized carbons (Fsp3) is 0.143. The monoisotopic (exact) mass is 311 g/mol. The Morgan fingerprint density at radius 2 is 1.53 bits per heavy atom. The maximum atomic E-state index is 3.53. The van der Waals surface area contributed by atoms with Crippen molar-refractivity contribution in [3.63, 3.8) is 0 Å². The topological polar surface area (TPSA) is 12.0 Å². The van der Waals surface area contributed by atoms with Gasteiger partial charge in [0.2, 0.25) is 0 Å². The van der Waals surface area contributed by atoms with Gasteiger partial charge < -0.3 is 5.32 Å². The van der Waals surface area contributed by atoms with Gasteiger partial charge in [0, 0.05) is 16.2 Å². The van der Waals surface area contributed by atoms with E-state index in [1.165, 1.54) is 5.56 Å². The van der Waals surface area contributed by atoms with E-state index in [9.17, 15) is 0 Å². The standard InChI is InChI=1S/C14H14BrN.ClH/c1-11(12-7-3-2-4-8-12)16-14-10-6-5-9-13(14)15;/h2-11,16H,1H3;1H. The summed E-state index contributed by atoms with van der Waals surface area (Å²) in [5.41, 5.74) is 2.41. The van der Waals surface area contributed by atoms with E-state index in [-0.39, 0.29) is 12.4 Å². The highest BCUT2D eigenvalue weighted by Crippen LogP contribution is 2.25. The predicted octanol–water partition coefficient (Wildman–Crippen LogP) is 5.04. The van der Waals surface area contributed by atoms with Crippen LogP contribution >= 0.6 is 28.3 Å². The van der Waals surface area contributed by atoms with Crippen molar-refractivity contribution >= 4 is 34.0 Å². The Morgan fingerprint density at radius 1 is 0.941 bits per heavy atom. The van der Waals surface area contributed by atoms with Crippen LogP contribution in [-0.2, 0) is 0 Å². The molecule has 0 amide bonds. The van der Waals surface area contributed by atoms with Crippen LogP contribution in [0.2, 0.25) is 0 Å². The molecule has 1 nitrogen and oxygen atoms in total. The molecule has 0 bridgehead atoms. The molecule has 3 heteroatoms. The van der Waals surface area contributed by atoms with Gasteiger partial charge in [-0.2, -0.15) is 0 Å². The lowest BCUT2D eigenvalue weighted by Crippen LogP contribution is -2.06. The average Bonchev–Trinajstić information content (AvgIpc) is 2.33. The van der Waals surface area contributed by atoms with Crippen molar-refractivity contribution < 1.29 is 0 Å². The minimum atomic E-state index is 0. The molecule has 1 atom stereocenters. The Labute approximate surface area is 117 Å². The molecule has 0 aromatic heterocycles. The molecule has 0 heterocycles. The van der Waals surface area contributed by atoms with Crippen LogP contribution in [0, 0.1) is 0 Å². The van der Waals surface area contributed by atoms with Crippen molar-refractivity contribution in [1.82, 2.24) is 0 Å². The second-order valence-electron chi connectivity index (χ2n) is 3.76. The summed E-state index contributed by atoms with van der Waals surface area (Å²) in [5.74, 6) is 0. The van der Waals surface area contributed by atoms with Crippen LogP contribution in [0.5, 0.6) is 0 Å². The lowest BCUT2D eigenvalue weighted by molar-refractivity contribution is 0.884. The zero-order valence-corrected chi connectivity index (χ0v) is 12.0. The quantitative estimate of drug-likeness (QED) is 0.837. The van der Waals surface area contributed by atoms with E-state index in [1.807, 2.05) is 24.3 Å². The van der Waals surface area contributed by atoms with Gasteiger partial charge in [0.05, 0.1) is 0 Å². The van der Waals surface area contributed by atoms with Crippen LogP contribution in [0.4, 0.5) is 5.69 Å². The van der Waals surface area contributed by atoms with Crippen molar-refractivity contribution in [2.75, 3.05) is 5.32 Å². The lowest BCUT2D eigenvalue weighted by atomic mass is 10.1. The molecule has 0 fully saturated rings. The molecule has 2 aromatic rings. The van der Waals surface area contributed by atoms with Crippen LogP contribution in [0.3, 0.4) is 0 Å². The van der Waals surface area contributed by atoms with Crippen LogP contribution in [0.1, 0.15) is 18.5 Å². The van der Waals surface area contributed by atoms with Crippen molar-refractivity contribution in [2.45, 2.75) is 13.0 Å². The molecule has 0 saturated heterocycles. The second kappa shape index (κ2) is 6.67. The number of para-hydroxylation sites is 1. The van der Waals surface area contributed by atoms with Crippen LogP contribution in [0.15, 0.2) is 59.1 Å². The molecule has 0 aliphatic heterocycles. The summed E-state index contributed by atoms with van der Waals surface area (Å²) in [6.07, 6.45) is 0. The molecule has 17 heavy (non-hydrogen) atoms. The molecule has 1 unspecified atom stereocenters. The fourth-order valence-electron chi connectivity index (χ4n) is 1.64. The van der Waals surface area contributed by atoms with E-state index in [2.05, 4.69) is 58.5 Å². The molecule has 90 valence electrons. The van der Waals surface area contributed by atoms with Gasteiger partial charge in [-0.05, 0) is 40.5 Å². The molecule has 0 radical (unpaired) electrons. The molecule has 2 aromatic carbocycles. The molecular weight excluding hydrogens is 298 g/mol. The van der Waals surface area contributed by atoms with Gasteiger partial charge in [-0.15, -0.1) is 12.4 Å². The molecule has 0 saturated carbocycles. The van der Waals surface area contributed by atoms with Crippen molar-refractivity contribution in [1.29, 1.82) is 0 Å². The first-order chi connectivity index (χ1) is 7.77.